The summed E-state index contributed by atoms with van der Waals surface area (Å²) in [7, 11) is 0. The van der Waals surface area contributed by atoms with Gasteiger partial charge in [0.15, 0.2) is 5.11 Å². The van der Waals surface area contributed by atoms with Gasteiger partial charge in [0.05, 0.1) is 4.91 Å². The molecule has 2 amide bonds. The summed E-state index contributed by atoms with van der Waals surface area (Å²) < 4.78 is 12.9. The minimum Gasteiger partial charge on any atom is -0.361 e. The van der Waals surface area contributed by atoms with Crippen molar-refractivity contribution in [3.63, 3.8) is 0 Å². The van der Waals surface area contributed by atoms with Gasteiger partial charge in [0.1, 0.15) is 5.82 Å². The zero-order valence-corrected chi connectivity index (χ0v) is 14.4. The lowest BCUT2D eigenvalue weighted by Gasteiger charge is -2.14. The topological polar surface area (TPSA) is 61.4 Å². The second kappa shape index (κ2) is 8.60. The molecule has 8 heteroatoms. The molecule has 1 saturated heterocycles. The maximum absolute atomic E-state index is 12.9. The molecule has 1 aromatic carbocycles. The first-order valence-electron chi connectivity index (χ1n) is 7.15. The summed E-state index contributed by atoms with van der Waals surface area (Å²) in [5.41, 5.74) is 0.662. The molecule has 0 spiro atoms. The minimum absolute atomic E-state index is 0.210. The second-order valence-corrected chi connectivity index (χ2v) is 6.21. The average molecular weight is 365 g/mol. The Morgan fingerprint density at radius 2 is 2.00 bits per heavy atom. The molecule has 0 saturated carbocycles. The Bertz CT molecular complexity index is 689. The third-order valence-electron chi connectivity index (χ3n) is 3.07. The molecule has 1 aromatic rings. The second-order valence-electron chi connectivity index (χ2n) is 4.81. The van der Waals surface area contributed by atoms with Gasteiger partial charge in [-0.15, -0.1) is 6.58 Å². The van der Waals surface area contributed by atoms with Gasteiger partial charge in [-0.3, -0.25) is 14.5 Å². The lowest BCUT2D eigenvalue weighted by atomic mass is 10.2. The average Bonchev–Trinajstić information content (AvgIpc) is 2.82. The van der Waals surface area contributed by atoms with Gasteiger partial charge in [-0.1, -0.05) is 18.2 Å². The van der Waals surface area contributed by atoms with E-state index in [1.165, 1.54) is 12.1 Å². The number of amides is 2. The fourth-order valence-electron chi connectivity index (χ4n) is 1.91. The SMILES string of the molecule is C=CCNC(=S)NCCN1C(=O)S/C(=C\c2ccc(F)cc2)C1=O. The number of benzene rings is 1. The summed E-state index contributed by atoms with van der Waals surface area (Å²) >= 11 is 5.90. The molecule has 0 aromatic heterocycles. The van der Waals surface area contributed by atoms with Gasteiger partial charge in [-0.25, -0.2) is 4.39 Å². The van der Waals surface area contributed by atoms with E-state index in [0.29, 0.717) is 28.7 Å². The van der Waals surface area contributed by atoms with Crippen LogP contribution in [0, 0.1) is 5.82 Å². The maximum Gasteiger partial charge on any atom is 0.293 e. The van der Waals surface area contributed by atoms with Crippen molar-refractivity contribution in [2.45, 2.75) is 0 Å². The number of hydrogen-bond donors (Lipinski definition) is 2. The van der Waals surface area contributed by atoms with E-state index in [2.05, 4.69) is 17.2 Å². The first-order chi connectivity index (χ1) is 11.5. The van der Waals surface area contributed by atoms with Gasteiger partial charge in [-0.05, 0) is 47.8 Å². The van der Waals surface area contributed by atoms with Crippen LogP contribution in [0.1, 0.15) is 5.56 Å². The summed E-state index contributed by atoms with van der Waals surface area (Å²) in [6.45, 7) is 4.66. The molecule has 2 N–H and O–H groups in total. The van der Waals surface area contributed by atoms with Gasteiger partial charge in [0.2, 0.25) is 0 Å². The highest BCUT2D eigenvalue weighted by Crippen LogP contribution is 2.31. The number of nitrogens with one attached hydrogen (secondary N) is 2. The van der Waals surface area contributed by atoms with Crippen LogP contribution in [-0.2, 0) is 4.79 Å². The van der Waals surface area contributed by atoms with Crippen LogP contribution in [0.15, 0.2) is 41.8 Å². The predicted octanol–water partition coefficient (Wildman–Crippen LogP) is 2.51. The van der Waals surface area contributed by atoms with Crippen LogP contribution in [0.4, 0.5) is 9.18 Å². The van der Waals surface area contributed by atoms with Crippen LogP contribution in [0.2, 0.25) is 0 Å². The molecule has 1 fully saturated rings. The lowest BCUT2D eigenvalue weighted by molar-refractivity contribution is -0.122. The fourth-order valence-corrected chi connectivity index (χ4v) is 2.96. The van der Waals surface area contributed by atoms with Crippen molar-refractivity contribution >= 4 is 46.3 Å². The Morgan fingerprint density at radius 3 is 2.67 bits per heavy atom. The third-order valence-corrected chi connectivity index (χ3v) is 4.27. The van der Waals surface area contributed by atoms with Gasteiger partial charge in [0.25, 0.3) is 11.1 Å². The summed E-state index contributed by atoms with van der Waals surface area (Å²) in [4.78, 5) is 25.7. The molecule has 0 aliphatic carbocycles. The molecule has 2 rings (SSSR count). The van der Waals surface area contributed by atoms with E-state index in [1.54, 1.807) is 24.3 Å². The number of hydrogen-bond acceptors (Lipinski definition) is 4. The summed E-state index contributed by atoms with van der Waals surface area (Å²) in [6, 6.07) is 5.71. The Balaban J connectivity index is 1.92. The van der Waals surface area contributed by atoms with Crippen LogP contribution in [0.5, 0.6) is 0 Å². The van der Waals surface area contributed by atoms with Crippen LogP contribution < -0.4 is 10.6 Å². The molecule has 0 unspecified atom stereocenters. The number of imide groups is 1. The van der Waals surface area contributed by atoms with Gasteiger partial charge in [-0.2, -0.15) is 0 Å². The van der Waals surface area contributed by atoms with Crippen LogP contribution >= 0.6 is 24.0 Å². The molecule has 1 heterocycles. The molecule has 126 valence electrons. The van der Waals surface area contributed by atoms with E-state index >= 15 is 0 Å². The summed E-state index contributed by atoms with van der Waals surface area (Å²) in [5.74, 6) is -0.714. The van der Waals surface area contributed by atoms with E-state index in [4.69, 9.17) is 12.2 Å². The standard InChI is InChI=1S/C16H16FN3O2S2/c1-2-7-18-15(23)19-8-9-20-14(21)13(24-16(20)22)10-11-3-5-12(17)6-4-11/h2-6,10H,1,7-9H2,(H2,18,19,23)/b13-10-. The molecular formula is C16H16FN3O2S2. The Morgan fingerprint density at radius 1 is 1.29 bits per heavy atom. The number of thioether (sulfide) groups is 1. The molecular weight excluding hydrogens is 349 g/mol. The minimum atomic E-state index is -0.360. The van der Waals surface area contributed by atoms with Gasteiger partial charge in [0, 0.05) is 19.6 Å². The Hall–Kier alpha value is -2.19. The normalized spacial score (nSPS) is 15.7. The highest BCUT2D eigenvalue weighted by Gasteiger charge is 2.34. The quantitative estimate of drug-likeness (QED) is 0.459. The molecule has 5 nitrogen and oxygen atoms in total. The molecule has 0 bridgehead atoms. The highest BCUT2D eigenvalue weighted by atomic mass is 32.2. The summed E-state index contributed by atoms with van der Waals surface area (Å²) in [5, 5.41) is 5.91. The zero-order chi connectivity index (χ0) is 17.5. The van der Waals surface area contributed by atoms with Crippen LogP contribution in [0.25, 0.3) is 6.08 Å². The largest absolute Gasteiger partial charge is 0.361 e. The Labute approximate surface area is 149 Å². The van der Waals surface area contributed by atoms with Crippen molar-refractivity contribution in [1.29, 1.82) is 0 Å². The monoisotopic (exact) mass is 365 g/mol. The third kappa shape index (κ3) is 4.90. The summed E-state index contributed by atoms with van der Waals surface area (Å²) in [6.07, 6.45) is 3.25. The highest BCUT2D eigenvalue weighted by molar-refractivity contribution is 8.18. The van der Waals surface area contributed by atoms with E-state index in [1.807, 2.05) is 0 Å². The van der Waals surface area contributed by atoms with Gasteiger partial charge < -0.3 is 10.6 Å². The van der Waals surface area contributed by atoms with Crippen molar-refractivity contribution in [3.8, 4) is 0 Å². The maximum atomic E-state index is 12.9. The molecule has 0 atom stereocenters. The van der Waals surface area contributed by atoms with Gasteiger partial charge >= 0.3 is 0 Å². The number of halogens is 1. The Kier molecular flexibility index (Phi) is 6.51. The van der Waals surface area contributed by atoms with E-state index in [0.717, 1.165) is 16.7 Å². The van der Waals surface area contributed by atoms with E-state index < -0.39 is 0 Å². The van der Waals surface area contributed by atoms with Crippen molar-refractivity contribution in [3.05, 3.63) is 53.2 Å². The molecule has 1 aliphatic rings. The van der Waals surface area contributed by atoms with E-state index in [9.17, 15) is 14.0 Å². The zero-order valence-electron chi connectivity index (χ0n) is 12.8. The van der Waals surface area contributed by atoms with Crippen molar-refractivity contribution in [2.75, 3.05) is 19.6 Å². The molecule has 24 heavy (non-hydrogen) atoms. The predicted molar refractivity (Wildman–Crippen MR) is 97.9 cm³/mol. The van der Waals surface area contributed by atoms with E-state index in [-0.39, 0.29) is 23.5 Å². The first-order valence-corrected chi connectivity index (χ1v) is 8.37. The number of carbonyl (C=O) groups is 2. The first kappa shape index (κ1) is 18.2. The number of carbonyl (C=O) groups excluding carboxylic acids is 2. The lowest BCUT2D eigenvalue weighted by Crippen LogP contribution is -2.41. The van der Waals surface area contributed by atoms with Crippen molar-refractivity contribution in [2.24, 2.45) is 0 Å². The van der Waals surface area contributed by atoms with Crippen molar-refractivity contribution in [1.82, 2.24) is 15.5 Å². The molecule has 1 aliphatic heterocycles. The number of nitrogens with zero attached hydrogens (tertiary/aromatic N) is 1. The number of rotatable bonds is 6. The fraction of sp³-hybridized carbons (Fsp3) is 0.188. The smallest absolute Gasteiger partial charge is 0.293 e. The van der Waals surface area contributed by atoms with Crippen LogP contribution in [0.3, 0.4) is 0 Å². The van der Waals surface area contributed by atoms with Crippen molar-refractivity contribution < 1.29 is 14.0 Å². The molecule has 0 radical (unpaired) electrons. The number of thiocarbonyl (C=S) groups is 1. The van der Waals surface area contributed by atoms with Crippen LogP contribution in [-0.4, -0.2) is 40.8 Å².